The normalized spacial score (nSPS) is 24.8. The van der Waals surface area contributed by atoms with Crippen molar-refractivity contribution in [3.8, 4) is 0 Å². The number of aliphatic hydroxyl groups is 3. The zero-order valence-corrected chi connectivity index (χ0v) is 30.4. The number of fused-ring (bicyclic) bond motifs is 1. The van der Waals surface area contributed by atoms with E-state index in [4.69, 9.17) is 4.74 Å². The molecule has 1 aromatic carbocycles. The molecule has 1 aliphatic heterocycles. The molecule has 2 aromatic rings. The Kier molecular flexibility index (Phi) is 14.6. The topological polar surface area (TPSA) is 183 Å². The van der Waals surface area contributed by atoms with Crippen molar-refractivity contribution < 1.29 is 41.7 Å². The van der Waals surface area contributed by atoms with Crippen LogP contribution in [0.2, 0.25) is 0 Å². The molecule has 0 bridgehead atoms. The minimum absolute atomic E-state index is 0.0407. The molecule has 15 heteroatoms. The molecule has 0 spiro atoms. The Morgan fingerprint density at radius 3 is 2.63 bits per heavy atom. The van der Waals surface area contributed by atoms with Gasteiger partial charge in [-0.2, -0.15) is 4.31 Å². The van der Waals surface area contributed by atoms with Gasteiger partial charge in [0.15, 0.2) is 0 Å². The van der Waals surface area contributed by atoms with Gasteiger partial charge in [0.05, 0.1) is 18.3 Å². The molecule has 2 heterocycles. The van der Waals surface area contributed by atoms with E-state index in [1.165, 1.54) is 17.5 Å². The summed E-state index contributed by atoms with van der Waals surface area (Å²) in [5.41, 5.74) is 1.38. The first-order chi connectivity index (χ1) is 23.4. The van der Waals surface area contributed by atoms with Crippen molar-refractivity contribution in [2.24, 2.45) is 11.8 Å². The predicted octanol–water partition coefficient (Wildman–Crippen LogP) is 2.88. The van der Waals surface area contributed by atoms with E-state index in [0.29, 0.717) is 62.2 Å². The first-order valence-electron chi connectivity index (χ1n) is 16.7. The first kappa shape index (κ1) is 39.3. The molecule has 5 N–H and O–H groups in total. The molecule has 49 heavy (non-hydrogen) atoms. The SMILES string of the molecule is CCN[C@@H]1CN(CCCOC)S(=O)(=O)c2sc(S(=O)(=O)NC(=O)CCC/C=C\C[C@@H]3[C@@H](/C=C/[C@@H](O)Cc4ccccc4)[C@H](O)C[C@@H]3O)cc21. The van der Waals surface area contributed by atoms with Crippen LogP contribution in [0.5, 0.6) is 0 Å². The van der Waals surface area contributed by atoms with Crippen molar-refractivity contribution in [1.29, 1.82) is 0 Å². The Hall–Kier alpha value is -2.47. The van der Waals surface area contributed by atoms with Crippen LogP contribution in [0.4, 0.5) is 0 Å². The molecule has 0 radical (unpaired) electrons. The number of rotatable bonds is 18. The second-order valence-corrected chi connectivity index (χ2v) is 17.6. The van der Waals surface area contributed by atoms with E-state index in [0.717, 1.165) is 5.56 Å². The summed E-state index contributed by atoms with van der Waals surface area (Å²) in [7, 11) is -6.67. The van der Waals surface area contributed by atoms with Gasteiger partial charge in [-0.3, -0.25) is 4.79 Å². The maximum atomic E-state index is 13.3. The zero-order chi connectivity index (χ0) is 35.6. The van der Waals surface area contributed by atoms with E-state index in [-0.39, 0.29) is 52.2 Å². The lowest BCUT2D eigenvalue weighted by molar-refractivity contribution is -0.119. The summed E-state index contributed by atoms with van der Waals surface area (Å²) in [5.74, 6) is -1.24. The van der Waals surface area contributed by atoms with E-state index >= 15 is 0 Å². The second-order valence-electron chi connectivity index (χ2n) is 12.5. The van der Waals surface area contributed by atoms with Crippen molar-refractivity contribution in [3.05, 3.63) is 71.8 Å². The summed E-state index contributed by atoms with van der Waals surface area (Å²) in [5, 5.41) is 34.7. The highest BCUT2D eigenvalue weighted by molar-refractivity contribution is 7.94. The van der Waals surface area contributed by atoms with Crippen LogP contribution in [0.3, 0.4) is 0 Å². The number of sulfonamides is 2. The summed E-state index contributed by atoms with van der Waals surface area (Å²) in [6.07, 6.45) is 7.57. The quantitative estimate of drug-likeness (QED) is 0.113. The molecule has 1 aromatic heterocycles. The summed E-state index contributed by atoms with van der Waals surface area (Å²) >= 11 is 0.644. The van der Waals surface area contributed by atoms with Gasteiger partial charge in [0.2, 0.25) is 5.91 Å². The summed E-state index contributed by atoms with van der Waals surface area (Å²) < 4.78 is 61.2. The average molecular weight is 740 g/mol. The lowest BCUT2D eigenvalue weighted by atomic mass is 9.89. The van der Waals surface area contributed by atoms with Crippen LogP contribution in [-0.2, 0) is 36.0 Å². The third-order valence-electron chi connectivity index (χ3n) is 8.87. The molecule has 0 unspecified atom stereocenters. The zero-order valence-electron chi connectivity index (χ0n) is 28.0. The number of nitrogens with one attached hydrogen (secondary N) is 2. The van der Waals surface area contributed by atoms with Gasteiger partial charge >= 0.3 is 0 Å². The number of unbranched alkanes of at least 4 members (excludes halogenated alkanes) is 1. The van der Waals surface area contributed by atoms with Gasteiger partial charge < -0.3 is 25.4 Å². The van der Waals surface area contributed by atoms with E-state index in [9.17, 15) is 36.9 Å². The molecular weight excluding hydrogens is 691 g/mol. The number of thiophene rings is 1. The molecule has 12 nitrogen and oxygen atoms in total. The lowest BCUT2D eigenvalue weighted by Gasteiger charge is -2.32. The monoisotopic (exact) mass is 739 g/mol. The van der Waals surface area contributed by atoms with Crippen molar-refractivity contribution >= 4 is 37.3 Å². The van der Waals surface area contributed by atoms with Crippen LogP contribution in [0.1, 0.15) is 62.6 Å². The van der Waals surface area contributed by atoms with Crippen LogP contribution in [0.15, 0.2) is 69.1 Å². The molecule has 1 saturated carbocycles. The third kappa shape index (κ3) is 10.5. The van der Waals surface area contributed by atoms with Crippen molar-refractivity contribution in [2.75, 3.05) is 33.4 Å². The molecule has 1 aliphatic carbocycles. The molecule has 1 amide bonds. The Morgan fingerprint density at radius 1 is 1.16 bits per heavy atom. The van der Waals surface area contributed by atoms with Crippen LogP contribution in [0, 0.1) is 11.8 Å². The molecule has 2 aliphatic rings. The van der Waals surface area contributed by atoms with E-state index in [2.05, 4.69) is 10.0 Å². The van der Waals surface area contributed by atoms with Gasteiger partial charge in [0, 0.05) is 63.6 Å². The summed E-state index contributed by atoms with van der Waals surface area (Å²) in [6, 6.07) is 10.6. The maximum absolute atomic E-state index is 13.3. The number of hydrogen-bond donors (Lipinski definition) is 5. The van der Waals surface area contributed by atoms with Crippen molar-refractivity contribution in [1.82, 2.24) is 14.3 Å². The Morgan fingerprint density at radius 2 is 1.92 bits per heavy atom. The van der Waals surface area contributed by atoms with Crippen molar-refractivity contribution in [3.63, 3.8) is 0 Å². The minimum atomic E-state index is -4.29. The molecule has 1 fully saturated rings. The smallest absolute Gasteiger partial charge is 0.273 e. The van der Waals surface area contributed by atoms with E-state index in [1.807, 2.05) is 49.4 Å². The fourth-order valence-corrected chi connectivity index (χ4v) is 11.3. The Bertz CT molecular complexity index is 1640. The number of allylic oxidation sites excluding steroid dienone is 2. The number of aliphatic hydroxyl groups excluding tert-OH is 3. The summed E-state index contributed by atoms with van der Waals surface area (Å²) in [4.78, 5) is 12.6. The van der Waals surface area contributed by atoms with Crippen LogP contribution in [-0.4, -0.2) is 94.0 Å². The Labute approximate surface area is 294 Å². The Balaban J connectivity index is 1.28. The highest BCUT2D eigenvalue weighted by Gasteiger charge is 2.41. The molecular formula is C34H49N3O9S3. The maximum Gasteiger partial charge on any atom is 0.273 e. The lowest BCUT2D eigenvalue weighted by Crippen LogP contribution is -2.43. The van der Waals surface area contributed by atoms with E-state index in [1.54, 1.807) is 12.2 Å². The van der Waals surface area contributed by atoms with Gasteiger partial charge in [-0.05, 0) is 49.8 Å². The van der Waals surface area contributed by atoms with Gasteiger partial charge in [-0.25, -0.2) is 21.6 Å². The van der Waals surface area contributed by atoms with Gasteiger partial charge in [0.25, 0.3) is 20.0 Å². The fourth-order valence-electron chi connectivity index (χ4n) is 6.37. The van der Waals surface area contributed by atoms with Crippen LogP contribution < -0.4 is 10.0 Å². The fraction of sp³-hybridized carbons (Fsp3) is 0.559. The number of carbonyl (C=O) groups is 1. The van der Waals surface area contributed by atoms with Crippen LogP contribution >= 0.6 is 11.3 Å². The molecule has 0 saturated heterocycles. The number of amides is 1. The number of methoxy groups -OCH3 is 1. The number of carbonyl (C=O) groups excluding carboxylic acids is 1. The van der Waals surface area contributed by atoms with Gasteiger partial charge in [-0.15, -0.1) is 11.3 Å². The number of likely N-dealkylation sites (N-methyl/N-ethyl adjacent to an activating group) is 1. The van der Waals surface area contributed by atoms with Crippen LogP contribution in [0.25, 0.3) is 0 Å². The highest BCUT2D eigenvalue weighted by atomic mass is 32.3. The first-order valence-corrected chi connectivity index (χ1v) is 20.4. The second kappa shape index (κ2) is 18.1. The van der Waals surface area contributed by atoms with Gasteiger partial charge in [-0.1, -0.05) is 61.6 Å². The standard InChI is InChI=1S/C34H49N3O9S3/c1-3-35-29-23-37(18-11-19-46-2)49(44,45)34-28(29)21-33(47-34)48(42,43)36-32(41)15-10-5-4-9-14-26-27(31(40)22-30(26)39)17-16-25(38)20-24-12-7-6-8-13-24/h4,6-9,12-13,16-17,21,25-27,29-31,35,38-40H,3,5,10-11,14-15,18-20,22-23H2,1-2H3,(H,36,41)/b9-4-,17-16+/t25-,26-,27-,29-,30+,31-/m1/s1. The number of nitrogens with zero attached hydrogens (tertiary/aromatic N) is 1. The number of benzene rings is 1. The largest absolute Gasteiger partial charge is 0.393 e. The molecule has 4 rings (SSSR count). The average Bonchev–Trinajstić information content (AvgIpc) is 3.63. The summed E-state index contributed by atoms with van der Waals surface area (Å²) in [6.45, 7) is 3.24. The van der Waals surface area contributed by atoms with Crippen molar-refractivity contribution in [2.45, 2.75) is 84.6 Å². The number of ether oxygens (including phenoxy) is 1. The highest BCUT2D eigenvalue weighted by Crippen LogP contribution is 2.40. The van der Waals surface area contributed by atoms with Gasteiger partial charge in [0.1, 0.15) is 8.42 Å². The minimum Gasteiger partial charge on any atom is -0.393 e. The molecule has 272 valence electrons. The third-order valence-corrected chi connectivity index (χ3v) is 14.3. The predicted molar refractivity (Wildman–Crippen MR) is 188 cm³/mol. The number of hydrogen-bond acceptors (Lipinski definition) is 11. The van der Waals surface area contributed by atoms with E-state index < -0.39 is 44.3 Å². The molecule has 6 atom stereocenters.